The van der Waals surface area contributed by atoms with Gasteiger partial charge in [0.2, 0.25) is 11.1 Å². The highest BCUT2D eigenvalue weighted by Gasteiger charge is 2.43. The number of fused-ring (bicyclic) bond motifs is 1. The van der Waals surface area contributed by atoms with Crippen molar-refractivity contribution in [3.63, 3.8) is 0 Å². The van der Waals surface area contributed by atoms with Gasteiger partial charge in [-0.2, -0.15) is 4.98 Å². The fourth-order valence-corrected chi connectivity index (χ4v) is 5.63. The van der Waals surface area contributed by atoms with Gasteiger partial charge >= 0.3 is 0 Å². The van der Waals surface area contributed by atoms with Crippen LogP contribution >= 0.6 is 11.8 Å². The topological polar surface area (TPSA) is 95.3 Å². The Morgan fingerprint density at radius 1 is 1.11 bits per heavy atom. The Labute approximate surface area is 214 Å². The highest BCUT2D eigenvalue weighted by Crippen LogP contribution is 2.48. The number of methoxy groups -OCH3 is 2. The number of carbonyl (C=O) groups excluding carboxylic acids is 2. The summed E-state index contributed by atoms with van der Waals surface area (Å²) in [7, 11) is 3.17. The molecule has 1 aliphatic heterocycles. The summed E-state index contributed by atoms with van der Waals surface area (Å²) in [4.78, 5) is 30.8. The van der Waals surface area contributed by atoms with Gasteiger partial charge in [0, 0.05) is 28.8 Å². The number of thioether (sulfide) groups is 1. The molecular formula is C27H28N4O4S. The number of aromatic nitrogens is 3. The van der Waals surface area contributed by atoms with E-state index in [0.717, 1.165) is 11.3 Å². The monoisotopic (exact) mass is 504 g/mol. The van der Waals surface area contributed by atoms with Crippen LogP contribution in [0.25, 0.3) is 0 Å². The summed E-state index contributed by atoms with van der Waals surface area (Å²) >= 11 is 1.27. The van der Waals surface area contributed by atoms with E-state index < -0.39 is 6.04 Å². The predicted octanol–water partition coefficient (Wildman–Crippen LogP) is 4.93. The Morgan fingerprint density at radius 3 is 2.61 bits per heavy atom. The molecule has 36 heavy (non-hydrogen) atoms. The second kappa shape index (κ2) is 9.46. The number of allylic oxidation sites excluding steroid dienone is 2. The van der Waals surface area contributed by atoms with Crippen LogP contribution in [0.15, 0.2) is 65.0 Å². The molecule has 0 radical (unpaired) electrons. The molecular weight excluding hydrogens is 476 g/mol. The number of ether oxygens (including phenoxy) is 2. The zero-order chi connectivity index (χ0) is 25.4. The Morgan fingerprint density at radius 2 is 1.89 bits per heavy atom. The molecule has 0 saturated carbocycles. The number of nitrogens with zero attached hydrogens (tertiary/aromatic N) is 3. The van der Waals surface area contributed by atoms with Crippen LogP contribution in [0.4, 0.5) is 5.95 Å². The van der Waals surface area contributed by atoms with Crippen LogP contribution < -0.4 is 14.8 Å². The van der Waals surface area contributed by atoms with Crippen molar-refractivity contribution >= 4 is 29.3 Å². The lowest BCUT2D eigenvalue weighted by Crippen LogP contribution is -2.36. The molecule has 1 aliphatic carbocycles. The number of para-hydroxylation sites is 1. The first-order chi connectivity index (χ1) is 17.3. The van der Waals surface area contributed by atoms with Gasteiger partial charge < -0.3 is 14.8 Å². The number of benzene rings is 2. The number of anilines is 1. The molecule has 2 aliphatic rings. The standard InChI is InChI=1S/C27H28N4O4S/c1-27(2)13-18-22(19(32)14-27)23(17-11-8-12-21(34-3)24(17)35-4)31-25(28-18)29-26(30-31)36-15-20(33)16-9-6-5-7-10-16/h5-12,23H,13-15H2,1-4H3,(H,28,29,30). The molecule has 1 aromatic heterocycles. The van der Waals surface area contributed by atoms with Crippen molar-refractivity contribution in [2.24, 2.45) is 5.41 Å². The second-order valence-corrected chi connectivity index (χ2v) is 10.6. The van der Waals surface area contributed by atoms with Gasteiger partial charge in [0.1, 0.15) is 6.04 Å². The minimum Gasteiger partial charge on any atom is -0.493 e. The molecule has 0 fully saturated rings. The molecule has 2 aromatic carbocycles. The van der Waals surface area contributed by atoms with E-state index in [1.54, 1.807) is 31.0 Å². The van der Waals surface area contributed by atoms with Crippen LogP contribution in [-0.2, 0) is 4.79 Å². The average molecular weight is 505 g/mol. The van der Waals surface area contributed by atoms with Crippen molar-refractivity contribution in [1.29, 1.82) is 0 Å². The Bertz CT molecular complexity index is 1360. The van der Waals surface area contributed by atoms with Crippen molar-refractivity contribution < 1.29 is 19.1 Å². The third-order valence-corrected chi connectivity index (χ3v) is 7.31. The summed E-state index contributed by atoms with van der Waals surface area (Å²) in [5.41, 5.74) is 2.75. The lowest BCUT2D eigenvalue weighted by Gasteiger charge is -2.38. The summed E-state index contributed by atoms with van der Waals surface area (Å²) in [5.74, 6) is 1.93. The van der Waals surface area contributed by atoms with Crippen molar-refractivity contribution in [1.82, 2.24) is 14.8 Å². The number of rotatable bonds is 7. The Hall–Kier alpha value is -3.59. The molecule has 1 N–H and O–H groups in total. The zero-order valence-electron chi connectivity index (χ0n) is 20.7. The molecule has 1 atom stereocenters. The molecule has 186 valence electrons. The largest absolute Gasteiger partial charge is 0.493 e. The summed E-state index contributed by atoms with van der Waals surface area (Å²) < 4.78 is 13.0. The number of carbonyl (C=O) groups is 2. The van der Waals surface area contributed by atoms with Crippen LogP contribution in [-0.4, -0.2) is 46.3 Å². The van der Waals surface area contributed by atoms with Crippen LogP contribution in [0.2, 0.25) is 0 Å². The summed E-state index contributed by atoms with van der Waals surface area (Å²) in [5, 5.41) is 8.56. The smallest absolute Gasteiger partial charge is 0.227 e. The van der Waals surface area contributed by atoms with E-state index in [1.165, 1.54) is 11.8 Å². The van der Waals surface area contributed by atoms with Crippen LogP contribution in [0.1, 0.15) is 48.7 Å². The van der Waals surface area contributed by atoms with Crippen LogP contribution in [0.3, 0.4) is 0 Å². The highest BCUT2D eigenvalue weighted by atomic mass is 32.2. The Balaban J connectivity index is 1.55. The van der Waals surface area contributed by atoms with Crippen molar-refractivity contribution in [3.8, 4) is 11.5 Å². The summed E-state index contributed by atoms with van der Waals surface area (Å²) in [6.07, 6.45) is 1.15. The van der Waals surface area contributed by atoms with Gasteiger partial charge in [-0.15, -0.1) is 5.10 Å². The third kappa shape index (κ3) is 4.39. The van der Waals surface area contributed by atoms with Gasteiger partial charge in [0.15, 0.2) is 23.1 Å². The SMILES string of the molecule is COc1cccc(C2C3=C(CC(C)(C)CC3=O)Nc3nc(SCC(=O)c4ccccc4)nn32)c1OC. The van der Waals surface area contributed by atoms with E-state index in [1.807, 2.05) is 36.4 Å². The molecule has 9 heteroatoms. The predicted molar refractivity (Wildman–Crippen MR) is 138 cm³/mol. The van der Waals surface area contributed by atoms with Gasteiger partial charge in [-0.1, -0.05) is 68.1 Å². The average Bonchev–Trinajstić information content (AvgIpc) is 3.27. The quantitative estimate of drug-likeness (QED) is 0.358. The maximum Gasteiger partial charge on any atom is 0.227 e. The number of hydrogen-bond donors (Lipinski definition) is 1. The number of ketones is 2. The highest BCUT2D eigenvalue weighted by molar-refractivity contribution is 7.99. The molecule has 0 saturated heterocycles. The second-order valence-electron chi connectivity index (χ2n) is 9.68. The van der Waals surface area contributed by atoms with Gasteiger partial charge in [0.05, 0.1) is 20.0 Å². The molecule has 0 bridgehead atoms. The minimum absolute atomic E-state index is 0.00157. The first kappa shape index (κ1) is 24.1. The molecule has 0 spiro atoms. The number of nitrogens with one attached hydrogen (secondary N) is 1. The number of Topliss-reactive ketones (excluding diaryl/α,β-unsaturated/α-hetero) is 2. The summed E-state index contributed by atoms with van der Waals surface area (Å²) in [6.45, 7) is 4.18. The van der Waals surface area contributed by atoms with Crippen LogP contribution in [0.5, 0.6) is 11.5 Å². The maximum atomic E-state index is 13.5. The van der Waals surface area contributed by atoms with Crippen LogP contribution in [0, 0.1) is 5.41 Å². The van der Waals surface area contributed by atoms with Crippen molar-refractivity contribution in [3.05, 3.63) is 70.9 Å². The maximum absolute atomic E-state index is 13.5. The first-order valence-corrected chi connectivity index (χ1v) is 12.7. The van der Waals surface area contributed by atoms with E-state index in [9.17, 15) is 9.59 Å². The fraction of sp³-hybridized carbons (Fsp3) is 0.333. The molecule has 5 rings (SSSR count). The Kier molecular flexibility index (Phi) is 6.34. The third-order valence-electron chi connectivity index (χ3n) is 6.47. The molecule has 8 nitrogen and oxygen atoms in total. The molecule has 3 aromatic rings. The van der Waals surface area contributed by atoms with E-state index in [4.69, 9.17) is 14.6 Å². The molecule has 1 unspecified atom stereocenters. The van der Waals surface area contributed by atoms with E-state index in [0.29, 0.717) is 46.6 Å². The van der Waals surface area contributed by atoms with Crippen molar-refractivity contribution in [2.75, 3.05) is 25.3 Å². The van der Waals surface area contributed by atoms with Gasteiger partial charge in [-0.25, -0.2) is 4.68 Å². The first-order valence-electron chi connectivity index (χ1n) is 11.7. The minimum atomic E-state index is -0.531. The zero-order valence-corrected chi connectivity index (χ0v) is 21.5. The van der Waals surface area contributed by atoms with E-state index >= 15 is 0 Å². The lowest BCUT2D eigenvalue weighted by atomic mass is 9.73. The van der Waals surface area contributed by atoms with Gasteiger partial charge in [-0.3, -0.25) is 9.59 Å². The number of hydrogen-bond acceptors (Lipinski definition) is 8. The fourth-order valence-electron chi connectivity index (χ4n) is 4.90. The lowest BCUT2D eigenvalue weighted by molar-refractivity contribution is -0.118. The van der Waals surface area contributed by atoms with Gasteiger partial charge in [-0.05, 0) is 17.9 Å². The molecule has 0 amide bonds. The molecule has 2 heterocycles. The van der Waals surface area contributed by atoms with E-state index in [-0.39, 0.29) is 22.7 Å². The van der Waals surface area contributed by atoms with E-state index in [2.05, 4.69) is 24.1 Å². The van der Waals surface area contributed by atoms with Crippen molar-refractivity contribution in [2.45, 2.75) is 37.9 Å². The van der Waals surface area contributed by atoms with Gasteiger partial charge in [0.25, 0.3) is 0 Å². The summed E-state index contributed by atoms with van der Waals surface area (Å²) in [6, 6.07) is 14.3. The normalized spacial score (nSPS) is 18.2.